The summed E-state index contributed by atoms with van der Waals surface area (Å²) in [4.78, 5) is 24.5. The minimum Gasteiger partial charge on any atom is -0.380 e. The van der Waals surface area contributed by atoms with Crippen molar-refractivity contribution in [1.29, 1.82) is 0 Å². The van der Waals surface area contributed by atoms with Crippen molar-refractivity contribution in [3.05, 3.63) is 29.8 Å². The summed E-state index contributed by atoms with van der Waals surface area (Å²) in [5.74, 6) is -1.54. The molecule has 1 rings (SSSR count). The highest BCUT2D eigenvalue weighted by Gasteiger charge is 2.31. The molecule has 0 heterocycles. The maximum Gasteiger partial charge on any atom is 0.256 e. The molecular weight excluding hydrogens is 284 g/mol. The van der Waals surface area contributed by atoms with Crippen LogP contribution in [0.1, 0.15) is 25.3 Å². The van der Waals surface area contributed by atoms with E-state index in [0.717, 1.165) is 24.2 Å². The van der Waals surface area contributed by atoms with Crippen LogP contribution in [0.25, 0.3) is 0 Å². The molecule has 3 N–H and O–H groups in total. The molecule has 0 saturated heterocycles. The summed E-state index contributed by atoms with van der Waals surface area (Å²) in [6, 6.07) is 7.27. The number of aliphatic hydroxyl groups excluding tert-OH is 2. The zero-order chi connectivity index (χ0) is 16.7. The number of amides is 2. The van der Waals surface area contributed by atoms with Gasteiger partial charge in [-0.1, -0.05) is 25.5 Å². The molecule has 2 amide bonds. The molecule has 1 aromatic rings. The Hall–Kier alpha value is -1.92. The van der Waals surface area contributed by atoms with E-state index in [4.69, 9.17) is 0 Å². The van der Waals surface area contributed by atoms with Gasteiger partial charge in [-0.3, -0.25) is 9.59 Å². The van der Waals surface area contributed by atoms with Crippen LogP contribution in [0.5, 0.6) is 0 Å². The molecule has 0 unspecified atom stereocenters. The highest BCUT2D eigenvalue weighted by molar-refractivity contribution is 5.98. The van der Waals surface area contributed by atoms with Crippen molar-refractivity contribution in [2.45, 2.75) is 38.4 Å². The molecule has 0 aliphatic carbocycles. The average Bonchev–Trinajstić information content (AvgIpc) is 2.51. The predicted molar refractivity (Wildman–Crippen MR) is 84.4 cm³/mol. The fourth-order valence-corrected chi connectivity index (χ4v) is 1.89. The van der Waals surface area contributed by atoms with Gasteiger partial charge >= 0.3 is 0 Å². The van der Waals surface area contributed by atoms with Crippen LogP contribution in [0, 0.1) is 0 Å². The second kappa shape index (κ2) is 8.51. The Bertz CT molecular complexity index is 499. The first kappa shape index (κ1) is 18.1. The van der Waals surface area contributed by atoms with Gasteiger partial charge in [-0.25, -0.2) is 0 Å². The van der Waals surface area contributed by atoms with Gasteiger partial charge < -0.3 is 20.4 Å². The molecule has 0 spiro atoms. The second-order valence-corrected chi connectivity index (χ2v) is 5.41. The summed E-state index contributed by atoms with van der Waals surface area (Å²) in [6.45, 7) is 2.12. The first-order valence-electron chi connectivity index (χ1n) is 7.34. The number of benzene rings is 1. The highest BCUT2D eigenvalue weighted by Crippen LogP contribution is 2.12. The molecule has 122 valence electrons. The van der Waals surface area contributed by atoms with Gasteiger partial charge in [-0.05, 0) is 30.5 Å². The first-order valence-corrected chi connectivity index (χ1v) is 7.34. The predicted octanol–water partition coefficient (Wildman–Crippen LogP) is 0.778. The monoisotopic (exact) mass is 308 g/mol. The Balaban J connectivity index is 2.62. The Morgan fingerprint density at radius 2 is 1.73 bits per heavy atom. The zero-order valence-corrected chi connectivity index (χ0v) is 13.2. The molecule has 6 heteroatoms. The van der Waals surface area contributed by atoms with E-state index in [1.807, 2.05) is 12.1 Å². The number of carbonyl (C=O) groups excluding carboxylic acids is 2. The number of nitrogens with zero attached hydrogens (tertiary/aromatic N) is 1. The highest BCUT2D eigenvalue weighted by atomic mass is 16.3. The van der Waals surface area contributed by atoms with Gasteiger partial charge in [0.25, 0.3) is 11.8 Å². The number of rotatable bonds is 7. The normalized spacial score (nSPS) is 13.3. The van der Waals surface area contributed by atoms with Crippen LogP contribution >= 0.6 is 0 Å². The third-order valence-corrected chi connectivity index (χ3v) is 3.30. The maximum absolute atomic E-state index is 11.8. The third kappa shape index (κ3) is 5.13. The Morgan fingerprint density at radius 3 is 2.23 bits per heavy atom. The van der Waals surface area contributed by atoms with Crippen LogP contribution in [0.15, 0.2) is 24.3 Å². The number of likely N-dealkylation sites (N-methyl/N-ethyl adjacent to an activating group) is 1. The lowest BCUT2D eigenvalue weighted by atomic mass is 10.1. The third-order valence-electron chi connectivity index (χ3n) is 3.30. The van der Waals surface area contributed by atoms with E-state index >= 15 is 0 Å². The molecule has 6 nitrogen and oxygen atoms in total. The second-order valence-electron chi connectivity index (χ2n) is 5.41. The Morgan fingerprint density at radius 1 is 1.14 bits per heavy atom. The van der Waals surface area contributed by atoms with Gasteiger partial charge in [0.05, 0.1) is 0 Å². The van der Waals surface area contributed by atoms with E-state index in [9.17, 15) is 19.8 Å². The van der Waals surface area contributed by atoms with Gasteiger partial charge in [-0.2, -0.15) is 0 Å². The Labute approximate surface area is 130 Å². The summed E-state index contributed by atoms with van der Waals surface area (Å²) >= 11 is 0. The van der Waals surface area contributed by atoms with E-state index in [0.29, 0.717) is 5.69 Å². The smallest absolute Gasteiger partial charge is 0.256 e. The number of aryl methyl sites for hydroxylation is 1. The van der Waals surface area contributed by atoms with E-state index in [1.54, 1.807) is 12.1 Å². The molecule has 22 heavy (non-hydrogen) atoms. The molecule has 0 aliphatic heterocycles. The average molecular weight is 308 g/mol. The van der Waals surface area contributed by atoms with Crippen molar-refractivity contribution in [3.63, 3.8) is 0 Å². The minimum atomic E-state index is -1.81. The summed E-state index contributed by atoms with van der Waals surface area (Å²) in [7, 11) is 2.87. The van der Waals surface area contributed by atoms with Gasteiger partial charge in [-0.15, -0.1) is 0 Å². The fraction of sp³-hybridized carbons (Fsp3) is 0.500. The fourth-order valence-electron chi connectivity index (χ4n) is 1.89. The lowest BCUT2D eigenvalue weighted by Crippen LogP contribution is -2.47. The first-order chi connectivity index (χ1) is 10.4. The SMILES string of the molecule is CCCCc1ccc(NC(=O)[C@H](O)[C@@H](O)C(=O)N(C)C)cc1. The summed E-state index contributed by atoms with van der Waals surface area (Å²) in [5, 5.41) is 21.9. The van der Waals surface area contributed by atoms with Gasteiger partial charge in [0.15, 0.2) is 12.2 Å². The molecular formula is C16H24N2O4. The van der Waals surface area contributed by atoms with E-state index < -0.39 is 24.0 Å². The topological polar surface area (TPSA) is 89.9 Å². The largest absolute Gasteiger partial charge is 0.380 e. The molecule has 1 aromatic carbocycles. The van der Waals surface area contributed by atoms with Crippen molar-refractivity contribution < 1.29 is 19.8 Å². The molecule has 0 aliphatic rings. The van der Waals surface area contributed by atoms with Crippen LogP contribution in [0.2, 0.25) is 0 Å². The lowest BCUT2D eigenvalue weighted by molar-refractivity contribution is -0.149. The van der Waals surface area contributed by atoms with Crippen LogP contribution < -0.4 is 5.32 Å². The number of nitrogens with one attached hydrogen (secondary N) is 1. The van der Waals surface area contributed by atoms with Gasteiger partial charge in [0.2, 0.25) is 0 Å². The van der Waals surface area contributed by atoms with Gasteiger partial charge in [0.1, 0.15) is 0 Å². The van der Waals surface area contributed by atoms with Crippen molar-refractivity contribution >= 4 is 17.5 Å². The van der Waals surface area contributed by atoms with Gasteiger partial charge in [0, 0.05) is 19.8 Å². The number of unbranched alkanes of at least 4 members (excludes halogenated alkanes) is 1. The van der Waals surface area contributed by atoms with E-state index in [-0.39, 0.29) is 0 Å². The summed E-state index contributed by atoms with van der Waals surface area (Å²) in [5.41, 5.74) is 1.68. The van der Waals surface area contributed by atoms with Crippen molar-refractivity contribution in [1.82, 2.24) is 4.90 Å². The molecule has 0 saturated carbocycles. The number of aliphatic hydroxyl groups is 2. The van der Waals surface area contributed by atoms with Crippen LogP contribution in [0.3, 0.4) is 0 Å². The van der Waals surface area contributed by atoms with Crippen LogP contribution in [0.4, 0.5) is 5.69 Å². The van der Waals surface area contributed by atoms with Crippen LogP contribution in [-0.2, 0) is 16.0 Å². The number of hydrogen-bond acceptors (Lipinski definition) is 4. The number of carbonyl (C=O) groups is 2. The van der Waals surface area contributed by atoms with Crippen LogP contribution in [-0.4, -0.2) is 53.2 Å². The number of anilines is 1. The lowest BCUT2D eigenvalue weighted by Gasteiger charge is -2.20. The quantitative estimate of drug-likeness (QED) is 0.694. The molecule has 0 radical (unpaired) electrons. The standard InChI is InChI=1S/C16H24N2O4/c1-4-5-6-11-7-9-12(10-8-11)17-15(21)13(19)14(20)16(22)18(2)3/h7-10,13-14,19-20H,4-6H2,1-3H3,(H,17,21)/t13-,14-/m1/s1. The Kier molecular flexibility index (Phi) is 7.01. The molecule has 2 atom stereocenters. The van der Waals surface area contributed by atoms with E-state index in [2.05, 4.69) is 12.2 Å². The zero-order valence-electron chi connectivity index (χ0n) is 13.2. The van der Waals surface area contributed by atoms with E-state index in [1.165, 1.54) is 19.7 Å². The van der Waals surface area contributed by atoms with Crippen molar-refractivity contribution in [2.75, 3.05) is 19.4 Å². The number of hydrogen-bond donors (Lipinski definition) is 3. The summed E-state index contributed by atoms with van der Waals surface area (Å²) in [6.07, 6.45) is -0.400. The minimum absolute atomic E-state index is 0.508. The summed E-state index contributed by atoms with van der Waals surface area (Å²) < 4.78 is 0. The molecule has 0 fully saturated rings. The maximum atomic E-state index is 11.8. The van der Waals surface area contributed by atoms with Crippen molar-refractivity contribution in [2.24, 2.45) is 0 Å². The molecule has 0 bridgehead atoms. The van der Waals surface area contributed by atoms with Crippen molar-refractivity contribution in [3.8, 4) is 0 Å². The molecule has 0 aromatic heterocycles.